The molecule has 0 N–H and O–H groups in total. The van der Waals surface area contributed by atoms with Gasteiger partial charge in [-0.3, -0.25) is 4.79 Å². The van der Waals surface area contributed by atoms with Crippen molar-refractivity contribution in [3.8, 4) is 11.5 Å². The largest absolute Gasteiger partial charge is 0.493 e. The Kier molecular flexibility index (Phi) is 5.53. The standard InChI is InChI=1S/C19H21ClN2O3/c1-3-13(23)8-12-4-6-14(7-5-12)25-18-9-15-16(10-17(18)24-2)21-11-22-19(15)20/h3,9-12,14H,1,4-8H2,2H3. The normalized spacial score (nSPS) is 20.2. The highest BCUT2D eigenvalue weighted by molar-refractivity contribution is 6.34. The molecule has 3 rings (SSSR count). The Labute approximate surface area is 152 Å². The van der Waals surface area contributed by atoms with Crippen molar-refractivity contribution in [1.29, 1.82) is 0 Å². The van der Waals surface area contributed by atoms with Gasteiger partial charge in [0, 0.05) is 17.9 Å². The molecule has 0 bridgehead atoms. The summed E-state index contributed by atoms with van der Waals surface area (Å²) in [5.41, 5.74) is 0.718. The lowest BCUT2D eigenvalue weighted by Gasteiger charge is -2.29. The quantitative estimate of drug-likeness (QED) is 0.565. The molecule has 0 spiro atoms. The molecule has 1 aromatic heterocycles. The molecular formula is C19H21ClN2O3. The topological polar surface area (TPSA) is 61.3 Å². The molecule has 0 atom stereocenters. The number of allylic oxidation sites excluding steroid dienone is 1. The third-order valence-corrected chi connectivity index (χ3v) is 4.98. The van der Waals surface area contributed by atoms with Gasteiger partial charge in [0.25, 0.3) is 0 Å². The number of ether oxygens (including phenoxy) is 2. The first-order chi connectivity index (χ1) is 12.1. The fourth-order valence-corrected chi connectivity index (χ4v) is 3.48. The van der Waals surface area contributed by atoms with E-state index in [-0.39, 0.29) is 11.9 Å². The maximum Gasteiger partial charge on any atom is 0.162 e. The summed E-state index contributed by atoms with van der Waals surface area (Å²) in [6, 6.07) is 3.65. The van der Waals surface area contributed by atoms with E-state index in [9.17, 15) is 4.79 Å². The average Bonchev–Trinajstić information content (AvgIpc) is 2.63. The van der Waals surface area contributed by atoms with E-state index in [4.69, 9.17) is 21.1 Å². The van der Waals surface area contributed by atoms with Gasteiger partial charge < -0.3 is 9.47 Å². The number of hydrogen-bond donors (Lipinski definition) is 0. The van der Waals surface area contributed by atoms with Crippen LogP contribution in [-0.4, -0.2) is 29.0 Å². The predicted molar refractivity (Wildman–Crippen MR) is 97.3 cm³/mol. The second-order valence-electron chi connectivity index (χ2n) is 6.32. The Morgan fingerprint density at radius 1 is 1.28 bits per heavy atom. The lowest BCUT2D eigenvalue weighted by atomic mass is 9.84. The lowest BCUT2D eigenvalue weighted by molar-refractivity contribution is -0.115. The zero-order valence-corrected chi connectivity index (χ0v) is 15.0. The van der Waals surface area contributed by atoms with Crippen molar-refractivity contribution in [2.24, 2.45) is 5.92 Å². The van der Waals surface area contributed by atoms with Gasteiger partial charge in [-0.25, -0.2) is 9.97 Å². The molecule has 1 fully saturated rings. The van der Waals surface area contributed by atoms with E-state index in [0.29, 0.717) is 29.0 Å². The van der Waals surface area contributed by atoms with Crippen LogP contribution in [0.3, 0.4) is 0 Å². The van der Waals surface area contributed by atoms with Crippen molar-refractivity contribution < 1.29 is 14.3 Å². The van der Waals surface area contributed by atoms with Crippen molar-refractivity contribution in [2.75, 3.05) is 7.11 Å². The van der Waals surface area contributed by atoms with E-state index >= 15 is 0 Å². The second kappa shape index (κ2) is 7.83. The Morgan fingerprint density at radius 2 is 2.04 bits per heavy atom. The molecule has 5 nitrogen and oxygen atoms in total. The van der Waals surface area contributed by atoms with Gasteiger partial charge in [0.15, 0.2) is 17.3 Å². The third-order valence-electron chi connectivity index (χ3n) is 4.68. The number of halogens is 1. The van der Waals surface area contributed by atoms with Crippen LogP contribution in [0.15, 0.2) is 31.1 Å². The third kappa shape index (κ3) is 4.10. The van der Waals surface area contributed by atoms with Crippen molar-refractivity contribution >= 4 is 28.3 Å². The van der Waals surface area contributed by atoms with Gasteiger partial charge in [-0.05, 0) is 43.7 Å². The fourth-order valence-electron chi connectivity index (χ4n) is 3.29. The fraction of sp³-hybridized carbons (Fsp3) is 0.421. The molecule has 1 saturated carbocycles. The lowest BCUT2D eigenvalue weighted by Crippen LogP contribution is -2.25. The molecule has 0 aliphatic heterocycles. The van der Waals surface area contributed by atoms with Crippen LogP contribution in [0.5, 0.6) is 11.5 Å². The summed E-state index contributed by atoms with van der Waals surface area (Å²) >= 11 is 6.16. The number of benzene rings is 1. The predicted octanol–water partition coefficient (Wildman–Crippen LogP) is 4.37. The van der Waals surface area contributed by atoms with Gasteiger partial charge in [-0.1, -0.05) is 18.2 Å². The maximum atomic E-state index is 11.5. The molecule has 132 valence electrons. The van der Waals surface area contributed by atoms with Gasteiger partial charge in [0.2, 0.25) is 0 Å². The van der Waals surface area contributed by atoms with Crippen LogP contribution in [0.1, 0.15) is 32.1 Å². The summed E-state index contributed by atoms with van der Waals surface area (Å²) in [5, 5.41) is 1.13. The van der Waals surface area contributed by atoms with E-state index in [1.165, 1.54) is 12.4 Å². The minimum Gasteiger partial charge on any atom is -0.493 e. The van der Waals surface area contributed by atoms with Crippen molar-refractivity contribution in [2.45, 2.75) is 38.2 Å². The van der Waals surface area contributed by atoms with Crippen LogP contribution in [0.25, 0.3) is 10.9 Å². The molecular weight excluding hydrogens is 340 g/mol. The number of carbonyl (C=O) groups is 1. The first-order valence-electron chi connectivity index (χ1n) is 8.41. The molecule has 2 aromatic rings. The van der Waals surface area contributed by atoms with Gasteiger partial charge in [0.1, 0.15) is 11.5 Å². The number of methoxy groups -OCH3 is 1. The first-order valence-corrected chi connectivity index (χ1v) is 8.78. The Hall–Kier alpha value is -2.14. The van der Waals surface area contributed by atoms with E-state index in [0.717, 1.165) is 36.6 Å². The smallest absolute Gasteiger partial charge is 0.162 e. The van der Waals surface area contributed by atoms with Gasteiger partial charge >= 0.3 is 0 Å². The van der Waals surface area contributed by atoms with Crippen molar-refractivity contribution in [3.05, 3.63) is 36.3 Å². The summed E-state index contributed by atoms with van der Waals surface area (Å²) in [6.45, 7) is 3.54. The number of aromatic nitrogens is 2. The number of carbonyl (C=O) groups excluding carboxylic acids is 1. The van der Waals surface area contributed by atoms with Crippen LogP contribution in [0, 0.1) is 5.92 Å². The molecule has 0 unspecified atom stereocenters. The number of nitrogens with zero attached hydrogens (tertiary/aromatic N) is 2. The maximum absolute atomic E-state index is 11.5. The highest BCUT2D eigenvalue weighted by Gasteiger charge is 2.24. The molecule has 0 radical (unpaired) electrons. The number of rotatable bonds is 6. The van der Waals surface area contributed by atoms with Gasteiger partial charge in [-0.15, -0.1) is 0 Å². The molecule has 0 saturated heterocycles. The van der Waals surface area contributed by atoms with Crippen LogP contribution < -0.4 is 9.47 Å². The second-order valence-corrected chi connectivity index (χ2v) is 6.68. The van der Waals surface area contributed by atoms with Crippen LogP contribution in [0.4, 0.5) is 0 Å². The number of fused-ring (bicyclic) bond motifs is 1. The van der Waals surface area contributed by atoms with E-state index in [2.05, 4.69) is 16.5 Å². The number of hydrogen-bond acceptors (Lipinski definition) is 5. The van der Waals surface area contributed by atoms with Crippen molar-refractivity contribution in [3.63, 3.8) is 0 Å². The molecule has 1 aromatic carbocycles. The number of ketones is 1. The zero-order valence-electron chi connectivity index (χ0n) is 14.2. The van der Waals surface area contributed by atoms with E-state index < -0.39 is 0 Å². The first kappa shape index (κ1) is 17.7. The molecule has 1 heterocycles. The van der Waals surface area contributed by atoms with E-state index in [1.54, 1.807) is 7.11 Å². The highest BCUT2D eigenvalue weighted by atomic mass is 35.5. The monoisotopic (exact) mass is 360 g/mol. The molecule has 1 aliphatic rings. The summed E-state index contributed by atoms with van der Waals surface area (Å²) in [7, 11) is 1.61. The Bertz CT molecular complexity index is 786. The minimum absolute atomic E-state index is 0.102. The minimum atomic E-state index is 0.102. The van der Waals surface area contributed by atoms with Gasteiger partial charge in [0.05, 0.1) is 18.7 Å². The average molecular weight is 361 g/mol. The Morgan fingerprint density at radius 3 is 2.72 bits per heavy atom. The van der Waals surface area contributed by atoms with Crippen molar-refractivity contribution in [1.82, 2.24) is 9.97 Å². The summed E-state index contributed by atoms with van der Waals surface area (Å²) in [6.07, 6.45) is 7.30. The molecule has 1 aliphatic carbocycles. The van der Waals surface area contributed by atoms with Gasteiger partial charge in [-0.2, -0.15) is 0 Å². The molecule has 25 heavy (non-hydrogen) atoms. The molecule has 6 heteroatoms. The SMILES string of the molecule is C=CC(=O)CC1CCC(Oc2cc3c(Cl)ncnc3cc2OC)CC1. The van der Waals surface area contributed by atoms with E-state index in [1.807, 2.05) is 12.1 Å². The zero-order chi connectivity index (χ0) is 17.8. The van der Waals surface area contributed by atoms with Crippen LogP contribution >= 0.6 is 11.6 Å². The summed E-state index contributed by atoms with van der Waals surface area (Å²) in [4.78, 5) is 19.7. The Balaban J connectivity index is 1.72. The van der Waals surface area contributed by atoms with Crippen LogP contribution in [-0.2, 0) is 4.79 Å². The molecule has 0 amide bonds. The van der Waals surface area contributed by atoms with Crippen LogP contribution in [0.2, 0.25) is 5.15 Å². The highest BCUT2D eigenvalue weighted by Crippen LogP contribution is 2.37. The summed E-state index contributed by atoms with van der Waals surface area (Å²) < 4.78 is 11.6. The summed E-state index contributed by atoms with van der Waals surface area (Å²) in [5.74, 6) is 1.82.